The van der Waals surface area contributed by atoms with E-state index >= 15 is 0 Å². The Hall–Kier alpha value is -4.12. The van der Waals surface area contributed by atoms with Crippen LogP contribution in [0.3, 0.4) is 0 Å². The summed E-state index contributed by atoms with van der Waals surface area (Å²) in [5.41, 5.74) is 4.82. The van der Waals surface area contributed by atoms with E-state index < -0.39 is 0 Å². The van der Waals surface area contributed by atoms with Crippen molar-refractivity contribution < 1.29 is 23.7 Å². The van der Waals surface area contributed by atoms with Crippen LogP contribution in [0, 0.1) is 0 Å². The van der Waals surface area contributed by atoms with Gasteiger partial charge in [0.2, 0.25) is 0 Å². The maximum Gasteiger partial charge on any atom is 0.169 e. The van der Waals surface area contributed by atoms with E-state index in [1.807, 2.05) is 48.5 Å². The standard InChI is InChI=1S/C32H34O5/c1-33-27-9-5-7-23(19-27)11-12-24-8-6-10-28(20-24)37-30-18-16-26(22-32(30)36-4)14-13-25-15-17-29(34-2)31(21-25)35-3/h5-10,15-22H,11-14H2,1-4H3. The smallest absolute Gasteiger partial charge is 0.169 e. The summed E-state index contributed by atoms with van der Waals surface area (Å²) in [5, 5.41) is 0. The van der Waals surface area contributed by atoms with E-state index in [-0.39, 0.29) is 0 Å². The van der Waals surface area contributed by atoms with Crippen molar-refractivity contribution in [2.24, 2.45) is 0 Å². The molecule has 0 atom stereocenters. The fraction of sp³-hybridized carbons (Fsp3) is 0.250. The molecule has 0 radical (unpaired) electrons. The van der Waals surface area contributed by atoms with Crippen LogP contribution in [0.2, 0.25) is 0 Å². The molecule has 0 aromatic heterocycles. The molecule has 192 valence electrons. The van der Waals surface area contributed by atoms with E-state index in [9.17, 15) is 0 Å². The third kappa shape index (κ3) is 6.98. The van der Waals surface area contributed by atoms with Crippen LogP contribution in [0.15, 0.2) is 84.9 Å². The Bertz CT molecular complexity index is 1310. The Morgan fingerprint density at radius 1 is 0.405 bits per heavy atom. The van der Waals surface area contributed by atoms with Gasteiger partial charge in [-0.15, -0.1) is 0 Å². The van der Waals surface area contributed by atoms with Gasteiger partial charge in [0.25, 0.3) is 0 Å². The molecule has 0 aliphatic carbocycles. The van der Waals surface area contributed by atoms with Crippen molar-refractivity contribution in [3.05, 3.63) is 107 Å². The first-order valence-electron chi connectivity index (χ1n) is 12.4. The maximum atomic E-state index is 6.23. The van der Waals surface area contributed by atoms with Crippen molar-refractivity contribution in [2.45, 2.75) is 25.7 Å². The lowest BCUT2D eigenvalue weighted by atomic mass is 10.0. The van der Waals surface area contributed by atoms with E-state index in [0.29, 0.717) is 11.5 Å². The molecule has 0 spiro atoms. The highest BCUT2D eigenvalue weighted by Gasteiger charge is 2.10. The molecule has 4 aromatic rings. The van der Waals surface area contributed by atoms with Crippen LogP contribution in [-0.4, -0.2) is 28.4 Å². The lowest BCUT2D eigenvalue weighted by Crippen LogP contribution is -1.97. The topological polar surface area (TPSA) is 46.2 Å². The highest BCUT2D eigenvalue weighted by Crippen LogP contribution is 2.34. The van der Waals surface area contributed by atoms with Crippen molar-refractivity contribution in [3.8, 4) is 34.5 Å². The van der Waals surface area contributed by atoms with Crippen LogP contribution in [0.5, 0.6) is 34.5 Å². The average molecular weight is 499 g/mol. The Morgan fingerprint density at radius 3 is 1.41 bits per heavy atom. The third-order valence-corrected chi connectivity index (χ3v) is 6.34. The van der Waals surface area contributed by atoms with Crippen LogP contribution in [0.1, 0.15) is 22.3 Å². The number of hydrogen-bond donors (Lipinski definition) is 0. The lowest BCUT2D eigenvalue weighted by molar-refractivity contribution is 0.354. The van der Waals surface area contributed by atoms with Crippen molar-refractivity contribution in [1.82, 2.24) is 0 Å². The van der Waals surface area contributed by atoms with Gasteiger partial charge in [0.15, 0.2) is 23.0 Å². The molecule has 0 fully saturated rings. The Kier molecular flexibility index (Phi) is 8.93. The molecule has 0 saturated heterocycles. The highest BCUT2D eigenvalue weighted by atomic mass is 16.5. The molecule has 0 unspecified atom stereocenters. The summed E-state index contributed by atoms with van der Waals surface area (Å²) in [7, 11) is 6.66. The van der Waals surface area contributed by atoms with E-state index in [2.05, 4.69) is 36.4 Å². The second-order valence-corrected chi connectivity index (χ2v) is 8.78. The van der Waals surface area contributed by atoms with Crippen molar-refractivity contribution in [1.29, 1.82) is 0 Å². The van der Waals surface area contributed by atoms with Gasteiger partial charge in [0, 0.05) is 0 Å². The fourth-order valence-electron chi connectivity index (χ4n) is 4.28. The predicted octanol–water partition coefficient (Wildman–Crippen LogP) is 7.08. The minimum Gasteiger partial charge on any atom is -0.497 e. The molecule has 0 aliphatic rings. The molecular formula is C32H34O5. The zero-order valence-electron chi connectivity index (χ0n) is 22.0. The first-order valence-corrected chi connectivity index (χ1v) is 12.4. The molecule has 37 heavy (non-hydrogen) atoms. The summed E-state index contributed by atoms with van der Waals surface area (Å²) in [4.78, 5) is 0. The molecule has 0 bridgehead atoms. The van der Waals surface area contributed by atoms with E-state index in [1.54, 1.807) is 28.4 Å². The SMILES string of the molecule is COc1cccc(CCc2cccc(Oc3ccc(CCc4ccc(OC)c(OC)c4)cc3OC)c2)c1. The number of ether oxygens (including phenoxy) is 5. The summed E-state index contributed by atoms with van der Waals surface area (Å²) < 4.78 is 28.0. The average Bonchev–Trinajstić information content (AvgIpc) is 2.95. The first kappa shape index (κ1) is 26.0. The quantitative estimate of drug-likeness (QED) is 0.209. The first-order chi connectivity index (χ1) is 18.1. The monoisotopic (exact) mass is 498 g/mol. The molecule has 5 heteroatoms. The molecule has 4 aromatic carbocycles. The largest absolute Gasteiger partial charge is 0.497 e. The number of benzene rings is 4. The van der Waals surface area contributed by atoms with Gasteiger partial charge in [-0.05, 0) is 96.5 Å². The molecule has 4 rings (SSSR count). The van der Waals surface area contributed by atoms with Gasteiger partial charge in [-0.25, -0.2) is 0 Å². The molecule has 0 saturated carbocycles. The molecule has 0 aliphatic heterocycles. The zero-order chi connectivity index (χ0) is 26.0. The number of rotatable bonds is 12. The van der Waals surface area contributed by atoms with Gasteiger partial charge >= 0.3 is 0 Å². The molecule has 5 nitrogen and oxygen atoms in total. The third-order valence-electron chi connectivity index (χ3n) is 6.34. The van der Waals surface area contributed by atoms with Gasteiger partial charge in [0.05, 0.1) is 28.4 Å². The Labute approximate surface area is 219 Å². The fourth-order valence-corrected chi connectivity index (χ4v) is 4.28. The summed E-state index contributed by atoms with van der Waals surface area (Å²) in [5.74, 6) is 4.56. The normalized spacial score (nSPS) is 10.6. The van der Waals surface area contributed by atoms with Crippen molar-refractivity contribution in [3.63, 3.8) is 0 Å². The summed E-state index contributed by atoms with van der Waals surface area (Å²) in [6.45, 7) is 0. The number of hydrogen-bond acceptors (Lipinski definition) is 5. The van der Waals surface area contributed by atoms with Gasteiger partial charge < -0.3 is 23.7 Å². The van der Waals surface area contributed by atoms with Crippen LogP contribution in [0.25, 0.3) is 0 Å². The number of methoxy groups -OCH3 is 4. The maximum absolute atomic E-state index is 6.23. The number of aryl methyl sites for hydroxylation is 4. The van der Waals surface area contributed by atoms with Crippen LogP contribution >= 0.6 is 0 Å². The molecule has 0 N–H and O–H groups in total. The van der Waals surface area contributed by atoms with Gasteiger partial charge in [-0.2, -0.15) is 0 Å². The van der Waals surface area contributed by atoms with Crippen LogP contribution < -0.4 is 23.7 Å². The zero-order valence-corrected chi connectivity index (χ0v) is 22.0. The summed E-state index contributed by atoms with van der Waals surface area (Å²) in [6, 6.07) is 28.6. The lowest BCUT2D eigenvalue weighted by Gasteiger charge is -2.13. The van der Waals surface area contributed by atoms with Crippen molar-refractivity contribution >= 4 is 0 Å². The van der Waals surface area contributed by atoms with Crippen LogP contribution in [0.4, 0.5) is 0 Å². The minimum absolute atomic E-state index is 0.697. The van der Waals surface area contributed by atoms with Crippen molar-refractivity contribution in [2.75, 3.05) is 28.4 Å². The van der Waals surface area contributed by atoms with Gasteiger partial charge in [0.1, 0.15) is 11.5 Å². The predicted molar refractivity (Wildman–Crippen MR) is 147 cm³/mol. The molecular weight excluding hydrogens is 464 g/mol. The second kappa shape index (κ2) is 12.7. The Balaban J connectivity index is 1.40. The highest BCUT2D eigenvalue weighted by molar-refractivity contribution is 5.47. The van der Waals surface area contributed by atoms with Gasteiger partial charge in [-0.3, -0.25) is 0 Å². The summed E-state index contributed by atoms with van der Waals surface area (Å²) >= 11 is 0. The Morgan fingerprint density at radius 2 is 0.865 bits per heavy atom. The summed E-state index contributed by atoms with van der Waals surface area (Å²) in [6.07, 6.45) is 3.58. The van der Waals surface area contributed by atoms with E-state index in [4.69, 9.17) is 23.7 Å². The van der Waals surface area contributed by atoms with Crippen LogP contribution in [-0.2, 0) is 25.7 Å². The van der Waals surface area contributed by atoms with Gasteiger partial charge in [-0.1, -0.05) is 36.4 Å². The molecule has 0 heterocycles. The minimum atomic E-state index is 0.697. The van der Waals surface area contributed by atoms with E-state index in [1.165, 1.54) is 22.3 Å². The second-order valence-electron chi connectivity index (χ2n) is 8.78. The van der Waals surface area contributed by atoms with E-state index in [0.717, 1.165) is 48.7 Å². The molecule has 0 amide bonds.